The van der Waals surface area contributed by atoms with Crippen molar-refractivity contribution in [3.63, 3.8) is 0 Å². The highest BCUT2D eigenvalue weighted by atomic mass is 32.2. The summed E-state index contributed by atoms with van der Waals surface area (Å²) in [7, 11) is 0. The molecule has 0 fully saturated rings. The first-order valence-corrected chi connectivity index (χ1v) is 9.57. The minimum Gasteiger partial charge on any atom is -0.368 e. The molecule has 0 saturated heterocycles. The largest absolute Gasteiger partial charge is 0.368 e. The first-order valence-electron chi connectivity index (χ1n) is 7.67. The van der Waals surface area contributed by atoms with Crippen molar-refractivity contribution in [2.45, 2.75) is 24.7 Å². The summed E-state index contributed by atoms with van der Waals surface area (Å²) in [6.45, 7) is 2.08. The number of hydrogen-bond donors (Lipinski definition) is 1. The highest BCUT2D eigenvalue weighted by Gasteiger charge is 2.20. The minimum atomic E-state index is 0.105. The molecule has 2 heterocycles. The smallest absolute Gasteiger partial charge is 0.220 e. The molecule has 2 aromatic heterocycles. The zero-order valence-corrected chi connectivity index (χ0v) is 15.4. The quantitative estimate of drug-likeness (QED) is 0.658. The van der Waals surface area contributed by atoms with Crippen LogP contribution in [0.2, 0.25) is 0 Å². The Morgan fingerprint density at radius 1 is 1.40 bits per heavy atom. The Hall–Kier alpha value is -2.24. The van der Waals surface area contributed by atoms with Crippen molar-refractivity contribution >= 4 is 40.9 Å². The number of fused-ring (bicyclic) bond motifs is 1. The maximum Gasteiger partial charge on any atom is 0.220 e. The second kappa shape index (κ2) is 7.33. The molecule has 3 aromatic rings. The molecular weight excluding hydrogens is 357 g/mol. The zero-order valence-electron chi connectivity index (χ0n) is 13.8. The van der Waals surface area contributed by atoms with E-state index in [9.17, 15) is 9.15 Å². The van der Waals surface area contributed by atoms with Crippen LogP contribution in [0.5, 0.6) is 0 Å². The van der Waals surface area contributed by atoms with E-state index in [0.717, 1.165) is 34.3 Å². The average Bonchev–Trinajstić information content (AvgIpc) is 3.01. The molecule has 0 aliphatic carbocycles. The number of aromatic nitrogens is 3. The Balaban J connectivity index is 2.36. The predicted octanol–water partition coefficient (Wildman–Crippen LogP) is 4.61. The summed E-state index contributed by atoms with van der Waals surface area (Å²) in [5.74, 6) is 0.183. The summed E-state index contributed by atoms with van der Waals surface area (Å²) in [6.07, 6.45) is 7.05. The van der Waals surface area contributed by atoms with Crippen LogP contribution in [0.3, 0.4) is 0 Å². The van der Waals surface area contributed by atoms with E-state index < -0.39 is 0 Å². The van der Waals surface area contributed by atoms with Crippen LogP contribution in [0.25, 0.3) is 22.2 Å². The Kier molecular flexibility index (Phi) is 5.16. The van der Waals surface area contributed by atoms with Crippen LogP contribution in [-0.2, 0) is 6.42 Å². The molecule has 0 amide bonds. The molecule has 2 N–H and O–H groups in total. The number of nitriles is 1. The van der Waals surface area contributed by atoms with E-state index in [1.165, 1.54) is 15.7 Å². The van der Waals surface area contributed by atoms with Gasteiger partial charge in [0.1, 0.15) is 6.07 Å². The third kappa shape index (κ3) is 3.05. The molecule has 0 bridgehead atoms. The summed E-state index contributed by atoms with van der Waals surface area (Å²) in [4.78, 5) is 9.24. The lowest BCUT2D eigenvalue weighted by Crippen LogP contribution is -2.00. The van der Waals surface area contributed by atoms with Gasteiger partial charge in [-0.2, -0.15) is 5.26 Å². The third-order valence-corrected chi connectivity index (χ3v) is 5.20. The monoisotopic (exact) mass is 373 g/mol. The molecule has 3 rings (SSSR count). The van der Waals surface area contributed by atoms with Gasteiger partial charge in [-0.3, -0.25) is 3.97 Å². The molecule has 0 saturated carbocycles. The Morgan fingerprint density at radius 2 is 2.20 bits per heavy atom. The van der Waals surface area contributed by atoms with Gasteiger partial charge in [0, 0.05) is 23.3 Å². The van der Waals surface area contributed by atoms with Crippen LogP contribution >= 0.6 is 24.1 Å². The van der Waals surface area contributed by atoms with Gasteiger partial charge in [-0.25, -0.2) is 9.97 Å². The molecule has 0 aliphatic rings. The van der Waals surface area contributed by atoms with Crippen molar-refractivity contribution in [2.75, 3.05) is 12.0 Å². The van der Waals surface area contributed by atoms with E-state index in [0.29, 0.717) is 16.8 Å². The topological polar surface area (TPSA) is 80.5 Å². The van der Waals surface area contributed by atoms with Crippen molar-refractivity contribution in [1.82, 2.24) is 13.9 Å². The molecule has 0 spiro atoms. The van der Waals surface area contributed by atoms with Gasteiger partial charge in [0.05, 0.1) is 21.7 Å². The van der Waals surface area contributed by atoms with Crippen molar-refractivity contribution in [1.29, 1.82) is 5.26 Å². The van der Waals surface area contributed by atoms with Crippen molar-refractivity contribution in [3.8, 4) is 17.3 Å². The Bertz CT molecular complexity index is 977. The molecule has 0 radical (unpaired) electrons. The van der Waals surface area contributed by atoms with Crippen LogP contribution in [0.1, 0.15) is 24.5 Å². The standard InChI is InChI=1S/C17H16FN5S2/c1-3-4-11-8-21-17(20)22-14(11)13-9-23(25-18)15-12(13)6-5-10(7-19)16(15)24-2/h5-6,8-9H,3-4H2,1-2H3,(H2,20,21,22). The van der Waals surface area contributed by atoms with Crippen molar-refractivity contribution in [3.05, 3.63) is 35.7 Å². The highest BCUT2D eigenvalue weighted by Crippen LogP contribution is 2.40. The minimum absolute atomic E-state index is 0.105. The van der Waals surface area contributed by atoms with Gasteiger partial charge >= 0.3 is 0 Å². The maximum atomic E-state index is 13.6. The number of aryl methyl sites for hydroxylation is 1. The molecule has 5 nitrogen and oxygen atoms in total. The first kappa shape index (κ1) is 17.6. The summed E-state index contributed by atoms with van der Waals surface area (Å²) in [5, 5.41) is 10.2. The van der Waals surface area contributed by atoms with Gasteiger partial charge in [0.2, 0.25) is 5.95 Å². The van der Waals surface area contributed by atoms with E-state index >= 15 is 0 Å². The van der Waals surface area contributed by atoms with Gasteiger partial charge in [-0.15, -0.1) is 15.6 Å². The van der Waals surface area contributed by atoms with E-state index in [2.05, 4.69) is 23.0 Å². The summed E-state index contributed by atoms with van der Waals surface area (Å²) < 4.78 is 15.0. The normalized spacial score (nSPS) is 11.0. The van der Waals surface area contributed by atoms with Gasteiger partial charge in [-0.1, -0.05) is 19.4 Å². The van der Waals surface area contributed by atoms with Gasteiger partial charge in [0.15, 0.2) is 12.3 Å². The lowest BCUT2D eigenvalue weighted by Gasteiger charge is -2.08. The van der Waals surface area contributed by atoms with Crippen molar-refractivity contribution in [2.24, 2.45) is 0 Å². The number of thioether (sulfide) groups is 1. The SMILES string of the molecule is CCCc1cnc(N)nc1-c1cn(SF)c2c(SC)c(C#N)ccc12. The number of nitrogens with two attached hydrogens (primary N) is 1. The van der Waals surface area contributed by atoms with E-state index in [1.807, 2.05) is 12.3 Å². The van der Waals surface area contributed by atoms with Crippen LogP contribution in [0, 0.1) is 11.3 Å². The van der Waals surface area contributed by atoms with E-state index in [4.69, 9.17) is 5.73 Å². The number of rotatable bonds is 5. The fourth-order valence-electron chi connectivity index (χ4n) is 2.90. The predicted molar refractivity (Wildman–Crippen MR) is 102 cm³/mol. The number of halogens is 1. The average molecular weight is 373 g/mol. The second-order valence-electron chi connectivity index (χ2n) is 5.44. The highest BCUT2D eigenvalue weighted by molar-refractivity contribution is 7.99. The summed E-state index contributed by atoms with van der Waals surface area (Å²) >= 11 is 1.53. The van der Waals surface area contributed by atoms with Gasteiger partial charge in [0.25, 0.3) is 0 Å². The van der Waals surface area contributed by atoms with Crippen molar-refractivity contribution < 1.29 is 3.89 Å². The molecule has 0 aliphatic heterocycles. The van der Waals surface area contributed by atoms with Crippen LogP contribution in [0.15, 0.2) is 29.4 Å². The van der Waals surface area contributed by atoms with Crippen LogP contribution < -0.4 is 5.73 Å². The lowest BCUT2D eigenvalue weighted by atomic mass is 10.0. The molecule has 0 unspecified atom stereocenters. The number of hydrogen-bond acceptors (Lipinski definition) is 6. The number of nitrogen functional groups attached to an aromatic ring is 1. The summed E-state index contributed by atoms with van der Waals surface area (Å²) in [6, 6.07) is 5.76. The Labute approximate surface area is 153 Å². The zero-order chi connectivity index (χ0) is 18.0. The first-order chi connectivity index (χ1) is 12.1. The van der Waals surface area contributed by atoms with E-state index in [-0.39, 0.29) is 18.3 Å². The number of nitrogens with zero attached hydrogens (tertiary/aromatic N) is 4. The summed E-state index contributed by atoms with van der Waals surface area (Å²) in [5.41, 5.74) is 9.46. The van der Waals surface area contributed by atoms with Crippen LogP contribution in [0.4, 0.5) is 9.83 Å². The molecule has 25 heavy (non-hydrogen) atoms. The number of anilines is 1. The van der Waals surface area contributed by atoms with E-state index in [1.54, 1.807) is 18.5 Å². The third-order valence-electron chi connectivity index (χ3n) is 3.94. The maximum absolute atomic E-state index is 13.6. The molecule has 128 valence electrons. The second-order valence-corrected chi connectivity index (χ2v) is 6.79. The molecule has 0 atom stereocenters. The molecule has 8 heteroatoms. The lowest BCUT2D eigenvalue weighted by molar-refractivity contribution is 0.906. The molecular formula is C17H16FN5S2. The fraction of sp³-hybridized carbons (Fsp3) is 0.235. The van der Waals surface area contributed by atoms with Crippen LogP contribution in [-0.4, -0.2) is 20.2 Å². The fourth-order valence-corrected chi connectivity index (χ4v) is 4.10. The Morgan fingerprint density at radius 3 is 2.84 bits per heavy atom. The number of benzene rings is 1. The molecule has 1 aromatic carbocycles. The van der Waals surface area contributed by atoms with Gasteiger partial charge in [-0.05, 0) is 24.3 Å². The van der Waals surface area contributed by atoms with Gasteiger partial charge < -0.3 is 5.73 Å².